The fraction of sp³-hybridized carbons (Fsp3) is 0.300. The lowest BCUT2D eigenvalue weighted by molar-refractivity contribution is -0.125. The van der Waals surface area contributed by atoms with Crippen LogP contribution in [0.15, 0.2) is 47.3 Å². The number of hydrogen-bond acceptors (Lipinski definition) is 5. The van der Waals surface area contributed by atoms with E-state index >= 15 is 0 Å². The van der Waals surface area contributed by atoms with Crippen LogP contribution in [0.4, 0.5) is 5.69 Å². The fourth-order valence-electron chi connectivity index (χ4n) is 2.84. The van der Waals surface area contributed by atoms with Crippen molar-refractivity contribution in [3.8, 4) is 5.69 Å². The monoisotopic (exact) mass is 415 g/mol. The van der Waals surface area contributed by atoms with Crippen molar-refractivity contribution in [3.05, 3.63) is 59.5 Å². The molecule has 0 aliphatic rings. The number of pyridine rings is 1. The van der Waals surface area contributed by atoms with E-state index in [4.69, 9.17) is 16.0 Å². The molecule has 0 aliphatic heterocycles. The maximum atomic E-state index is 12.7. The molecule has 0 aromatic carbocycles. The van der Waals surface area contributed by atoms with Gasteiger partial charge in [0.2, 0.25) is 11.8 Å². The number of aryl methyl sites for hydroxylation is 1. The van der Waals surface area contributed by atoms with Gasteiger partial charge in [0.15, 0.2) is 5.15 Å². The molecule has 8 nitrogen and oxygen atoms in total. The van der Waals surface area contributed by atoms with Crippen molar-refractivity contribution in [1.82, 2.24) is 20.1 Å². The van der Waals surface area contributed by atoms with Gasteiger partial charge in [-0.3, -0.25) is 14.6 Å². The molecule has 29 heavy (non-hydrogen) atoms. The molecule has 0 saturated carbocycles. The maximum absolute atomic E-state index is 12.7. The second-order valence-corrected chi connectivity index (χ2v) is 6.75. The van der Waals surface area contributed by atoms with E-state index in [1.54, 1.807) is 29.3 Å². The third kappa shape index (κ3) is 5.23. The molecule has 0 radical (unpaired) electrons. The number of nitrogens with one attached hydrogen (secondary N) is 1. The standard InChI is InChI=1S/C20H22ClN5O3/c1-3-25(17-13-26(24-20(17)21)15-5-4-10-22-11-15)19(28)9-8-18(27)23-12-16-7-6-14(2)29-16/h4-7,10-11,13H,3,8-9,12H2,1-2H3,(H,23,27). The van der Waals surface area contributed by atoms with Gasteiger partial charge in [-0.15, -0.1) is 0 Å². The van der Waals surface area contributed by atoms with Crippen LogP contribution in [0.3, 0.4) is 0 Å². The van der Waals surface area contributed by atoms with Crippen molar-refractivity contribution in [1.29, 1.82) is 0 Å². The first-order valence-corrected chi connectivity index (χ1v) is 9.63. The average molecular weight is 416 g/mol. The number of furan rings is 1. The molecular weight excluding hydrogens is 394 g/mol. The molecule has 9 heteroatoms. The van der Waals surface area contributed by atoms with E-state index in [1.807, 2.05) is 32.0 Å². The van der Waals surface area contributed by atoms with Gasteiger partial charge in [0.25, 0.3) is 0 Å². The Morgan fingerprint density at radius 1 is 1.28 bits per heavy atom. The first kappa shape index (κ1) is 20.6. The molecule has 0 fully saturated rings. The maximum Gasteiger partial charge on any atom is 0.227 e. The Balaban J connectivity index is 1.59. The minimum Gasteiger partial charge on any atom is -0.465 e. The van der Waals surface area contributed by atoms with E-state index < -0.39 is 0 Å². The normalized spacial score (nSPS) is 10.7. The summed E-state index contributed by atoms with van der Waals surface area (Å²) in [5.41, 5.74) is 1.23. The van der Waals surface area contributed by atoms with E-state index in [-0.39, 0.29) is 29.8 Å². The number of amides is 2. The van der Waals surface area contributed by atoms with E-state index in [0.29, 0.717) is 24.5 Å². The first-order valence-electron chi connectivity index (χ1n) is 9.26. The van der Waals surface area contributed by atoms with Crippen LogP contribution < -0.4 is 10.2 Å². The van der Waals surface area contributed by atoms with Crippen LogP contribution in [-0.4, -0.2) is 33.1 Å². The van der Waals surface area contributed by atoms with Crippen molar-refractivity contribution in [2.45, 2.75) is 33.2 Å². The molecule has 2 amide bonds. The zero-order valence-electron chi connectivity index (χ0n) is 16.3. The van der Waals surface area contributed by atoms with Gasteiger partial charge in [0.05, 0.1) is 24.6 Å². The minimum absolute atomic E-state index is 0.0608. The summed E-state index contributed by atoms with van der Waals surface area (Å²) in [5, 5.41) is 7.21. The van der Waals surface area contributed by atoms with Gasteiger partial charge in [-0.1, -0.05) is 11.6 Å². The third-order valence-corrected chi connectivity index (χ3v) is 4.56. The van der Waals surface area contributed by atoms with Gasteiger partial charge in [-0.2, -0.15) is 5.10 Å². The summed E-state index contributed by atoms with van der Waals surface area (Å²) in [6.07, 6.45) is 5.13. The van der Waals surface area contributed by atoms with Crippen LogP contribution in [0.5, 0.6) is 0 Å². The Labute approximate surface area is 173 Å². The number of halogens is 1. The molecule has 152 valence electrons. The highest BCUT2D eigenvalue weighted by atomic mass is 35.5. The molecule has 3 aromatic rings. The summed E-state index contributed by atoms with van der Waals surface area (Å²) in [4.78, 5) is 30.3. The second-order valence-electron chi connectivity index (χ2n) is 6.39. The molecule has 0 aliphatic carbocycles. The van der Waals surface area contributed by atoms with Gasteiger partial charge in [-0.25, -0.2) is 4.68 Å². The molecule has 3 heterocycles. The number of aromatic nitrogens is 3. The Bertz CT molecular complexity index is 983. The van der Waals surface area contributed by atoms with Gasteiger partial charge < -0.3 is 14.6 Å². The Hall–Kier alpha value is -3.13. The molecule has 3 rings (SSSR count). The van der Waals surface area contributed by atoms with Crippen molar-refractivity contribution < 1.29 is 14.0 Å². The number of hydrogen-bond donors (Lipinski definition) is 1. The van der Waals surface area contributed by atoms with Crippen molar-refractivity contribution in [2.75, 3.05) is 11.4 Å². The molecule has 0 bridgehead atoms. The van der Waals surface area contributed by atoms with Crippen LogP contribution in [0.2, 0.25) is 5.15 Å². The average Bonchev–Trinajstić information content (AvgIpc) is 3.32. The minimum atomic E-state index is -0.222. The zero-order valence-corrected chi connectivity index (χ0v) is 17.0. The summed E-state index contributed by atoms with van der Waals surface area (Å²) < 4.78 is 6.97. The Kier molecular flexibility index (Phi) is 6.66. The summed E-state index contributed by atoms with van der Waals surface area (Å²) >= 11 is 6.26. The molecule has 0 saturated heterocycles. The number of carbonyl (C=O) groups is 2. The van der Waals surface area contributed by atoms with Crippen LogP contribution in [0.1, 0.15) is 31.3 Å². The predicted octanol–water partition coefficient (Wildman–Crippen LogP) is 3.27. The molecular formula is C20H22ClN5O3. The van der Waals surface area contributed by atoms with Gasteiger partial charge in [0.1, 0.15) is 17.2 Å². The van der Waals surface area contributed by atoms with Gasteiger partial charge in [-0.05, 0) is 38.1 Å². The lowest BCUT2D eigenvalue weighted by Crippen LogP contribution is -2.32. The third-order valence-electron chi connectivity index (χ3n) is 4.29. The Morgan fingerprint density at radius 2 is 2.10 bits per heavy atom. The molecule has 1 N–H and O–H groups in total. The van der Waals surface area contributed by atoms with Crippen LogP contribution >= 0.6 is 11.6 Å². The zero-order chi connectivity index (χ0) is 20.8. The van der Waals surface area contributed by atoms with Gasteiger partial charge >= 0.3 is 0 Å². The highest BCUT2D eigenvalue weighted by molar-refractivity contribution is 6.32. The van der Waals surface area contributed by atoms with E-state index in [1.165, 1.54) is 4.90 Å². The van der Waals surface area contributed by atoms with Crippen LogP contribution in [0, 0.1) is 6.92 Å². The van der Waals surface area contributed by atoms with E-state index in [2.05, 4.69) is 15.4 Å². The lowest BCUT2D eigenvalue weighted by atomic mass is 10.2. The summed E-state index contributed by atoms with van der Waals surface area (Å²) in [6, 6.07) is 7.26. The Morgan fingerprint density at radius 3 is 2.76 bits per heavy atom. The smallest absolute Gasteiger partial charge is 0.227 e. The predicted molar refractivity (Wildman–Crippen MR) is 109 cm³/mol. The van der Waals surface area contributed by atoms with Crippen LogP contribution in [0.25, 0.3) is 5.69 Å². The highest BCUT2D eigenvalue weighted by Crippen LogP contribution is 2.26. The molecule has 0 atom stereocenters. The lowest BCUT2D eigenvalue weighted by Gasteiger charge is -2.19. The molecule has 3 aromatic heterocycles. The quantitative estimate of drug-likeness (QED) is 0.609. The van der Waals surface area contributed by atoms with E-state index in [0.717, 1.165) is 11.4 Å². The number of nitrogens with zero attached hydrogens (tertiary/aromatic N) is 4. The van der Waals surface area contributed by atoms with Crippen molar-refractivity contribution >= 4 is 29.1 Å². The summed E-state index contributed by atoms with van der Waals surface area (Å²) in [5.74, 6) is 1.03. The van der Waals surface area contributed by atoms with Gasteiger partial charge in [0, 0.05) is 25.6 Å². The SMILES string of the molecule is CCN(C(=O)CCC(=O)NCc1ccc(C)o1)c1cn(-c2cccnc2)nc1Cl. The van der Waals surface area contributed by atoms with Crippen LogP contribution in [-0.2, 0) is 16.1 Å². The number of carbonyl (C=O) groups excluding carboxylic acids is 2. The van der Waals surface area contributed by atoms with Crippen molar-refractivity contribution in [3.63, 3.8) is 0 Å². The summed E-state index contributed by atoms with van der Waals surface area (Å²) in [7, 11) is 0. The highest BCUT2D eigenvalue weighted by Gasteiger charge is 2.21. The topological polar surface area (TPSA) is 93.3 Å². The fourth-order valence-corrected chi connectivity index (χ4v) is 3.07. The largest absolute Gasteiger partial charge is 0.465 e. The number of rotatable bonds is 8. The first-order chi connectivity index (χ1) is 14.0. The second kappa shape index (κ2) is 9.38. The van der Waals surface area contributed by atoms with E-state index in [9.17, 15) is 9.59 Å². The molecule has 0 unspecified atom stereocenters. The molecule has 0 spiro atoms. The van der Waals surface area contributed by atoms with Crippen molar-refractivity contribution in [2.24, 2.45) is 0 Å². The number of anilines is 1. The summed E-state index contributed by atoms with van der Waals surface area (Å²) in [6.45, 7) is 4.38.